The third-order valence-electron chi connectivity index (χ3n) is 6.57. The molecule has 0 spiro atoms. The van der Waals surface area contributed by atoms with E-state index in [0.717, 1.165) is 10.2 Å². The van der Waals surface area contributed by atoms with Crippen molar-refractivity contribution in [2.75, 3.05) is 20.8 Å². The van der Waals surface area contributed by atoms with Gasteiger partial charge < -0.3 is 19.5 Å². The van der Waals surface area contributed by atoms with Gasteiger partial charge in [-0.3, -0.25) is 9.48 Å². The van der Waals surface area contributed by atoms with Gasteiger partial charge in [-0.25, -0.2) is 9.78 Å². The Hall–Kier alpha value is -3.24. The Kier molecular flexibility index (Phi) is 6.12. The van der Waals surface area contributed by atoms with Crippen molar-refractivity contribution in [3.05, 3.63) is 64.3 Å². The molecular formula is C26H32N4O5S. The predicted molar refractivity (Wildman–Crippen MR) is 135 cm³/mol. The van der Waals surface area contributed by atoms with E-state index in [1.807, 2.05) is 26.8 Å². The van der Waals surface area contributed by atoms with Gasteiger partial charge in [0.25, 0.3) is 5.91 Å². The molecule has 1 saturated heterocycles. The van der Waals surface area contributed by atoms with Gasteiger partial charge in [0.2, 0.25) is 0 Å². The van der Waals surface area contributed by atoms with E-state index in [4.69, 9.17) is 13.6 Å². The van der Waals surface area contributed by atoms with Crippen LogP contribution in [0.3, 0.4) is 0 Å². The quantitative estimate of drug-likeness (QED) is 0.483. The fraction of sp³-hybridized carbons (Fsp3) is 0.462. The van der Waals surface area contributed by atoms with Crippen molar-refractivity contribution in [1.29, 1.82) is 0 Å². The molecule has 3 aromatic rings. The highest BCUT2D eigenvalue weighted by Crippen LogP contribution is 2.49. The minimum atomic E-state index is -1.87. The van der Waals surface area contributed by atoms with Crippen molar-refractivity contribution in [3.8, 4) is 5.75 Å². The topological polar surface area (TPSA) is 107 Å². The molecule has 0 bridgehead atoms. The lowest BCUT2D eigenvalue weighted by atomic mass is 9.85. The summed E-state index contributed by atoms with van der Waals surface area (Å²) in [5.41, 5.74) is -1.00. The largest absolute Gasteiger partial charge is 0.496 e. The first-order chi connectivity index (χ1) is 18.4. The van der Waals surface area contributed by atoms with E-state index in [1.165, 1.54) is 30.5 Å². The van der Waals surface area contributed by atoms with Crippen LogP contribution in [0.5, 0.6) is 5.75 Å². The minimum Gasteiger partial charge on any atom is -0.496 e. The Balaban J connectivity index is 1.92. The number of carbonyl (C=O) groups is 2. The fourth-order valence-electron chi connectivity index (χ4n) is 5.00. The number of thiazole rings is 1. The van der Waals surface area contributed by atoms with Gasteiger partial charge in [-0.2, -0.15) is 5.10 Å². The second-order valence-corrected chi connectivity index (χ2v) is 10.8. The van der Waals surface area contributed by atoms with Gasteiger partial charge in [-0.05, 0) is 35.6 Å². The van der Waals surface area contributed by atoms with Crippen molar-refractivity contribution < 1.29 is 28.3 Å². The summed E-state index contributed by atoms with van der Waals surface area (Å²) in [6.45, 7) is 5.83. The first-order valence-electron chi connectivity index (χ1n) is 13.0. The SMILES string of the molecule is [2H]c1nn(C[C@@]2(C(=O)O)C[C@H](COC)[C@H](c3nccs3)N2C(=O)c2ccc(C(C)(C)C)c(OC)c2)c([2H])c1[2H]. The normalized spacial score (nSPS) is 23.2. The van der Waals surface area contributed by atoms with Crippen LogP contribution >= 0.6 is 11.3 Å². The molecule has 0 unspecified atom stereocenters. The molecule has 3 heterocycles. The molecule has 4 rings (SSSR count). The molecule has 2 aromatic heterocycles. The summed E-state index contributed by atoms with van der Waals surface area (Å²) in [5.74, 6) is -1.77. The number of carboxylic acids is 1. The average Bonchev–Trinajstić information content (AvgIpc) is 3.58. The number of nitrogens with zero attached hydrogens (tertiary/aromatic N) is 4. The van der Waals surface area contributed by atoms with Crippen LogP contribution in [0.2, 0.25) is 0 Å². The fourth-order valence-corrected chi connectivity index (χ4v) is 5.82. The molecule has 1 N–H and O–H groups in total. The average molecular weight is 516 g/mol. The lowest BCUT2D eigenvalue weighted by Crippen LogP contribution is -2.56. The molecule has 1 aromatic carbocycles. The van der Waals surface area contributed by atoms with Gasteiger partial charge in [0, 0.05) is 42.5 Å². The Bertz CT molecular complexity index is 1370. The molecule has 3 atom stereocenters. The summed E-state index contributed by atoms with van der Waals surface area (Å²) < 4.78 is 36.1. The summed E-state index contributed by atoms with van der Waals surface area (Å²) in [7, 11) is 3.03. The molecule has 1 aliphatic rings. The van der Waals surface area contributed by atoms with Crippen molar-refractivity contribution in [2.24, 2.45) is 5.92 Å². The molecular weight excluding hydrogens is 480 g/mol. The Morgan fingerprint density at radius 2 is 2.11 bits per heavy atom. The molecule has 9 nitrogen and oxygen atoms in total. The van der Waals surface area contributed by atoms with Gasteiger partial charge in [0.05, 0.1) is 30.4 Å². The predicted octanol–water partition coefficient (Wildman–Crippen LogP) is 4.02. The van der Waals surface area contributed by atoms with Crippen molar-refractivity contribution >= 4 is 23.2 Å². The second kappa shape index (κ2) is 10.0. The number of aliphatic carboxylic acids is 1. The van der Waals surface area contributed by atoms with Crippen LogP contribution in [0.4, 0.5) is 0 Å². The first kappa shape index (κ1) is 22.0. The number of rotatable bonds is 8. The number of carboxylic acid groups (broad SMARTS) is 1. The van der Waals surface area contributed by atoms with Gasteiger partial charge >= 0.3 is 5.97 Å². The molecule has 10 heteroatoms. The maximum absolute atomic E-state index is 14.4. The zero-order valence-corrected chi connectivity index (χ0v) is 21.8. The van der Waals surface area contributed by atoms with Crippen molar-refractivity contribution in [3.63, 3.8) is 0 Å². The number of ether oxygens (including phenoxy) is 2. The molecule has 0 saturated carbocycles. The van der Waals surface area contributed by atoms with Crippen molar-refractivity contribution in [2.45, 2.75) is 50.7 Å². The molecule has 1 amide bonds. The number of likely N-dealkylation sites (tertiary alicyclic amines) is 1. The lowest BCUT2D eigenvalue weighted by molar-refractivity contribution is -0.150. The number of methoxy groups -OCH3 is 2. The number of aromatic nitrogens is 3. The Morgan fingerprint density at radius 3 is 2.67 bits per heavy atom. The number of hydrogen-bond donors (Lipinski definition) is 1. The summed E-state index contributed by atoms with van der Waals surface area (Å²) in [6, 6.07) is 3.93. The van der Waals surface area contributed by atoms with Gasteiger partial charge in [-0.1, -0.05) is 26.8 Å². The highest BCUT2D eigenvalue weighted by molar-refractivity contribution is 7.09. The molecule has 0 radical (unpaired) electrons. The summed E-state index contributed by atoms with van der Waals surface area (Å²) in [5, 5.41) is 17.0. The molecule has 192 valence electrons. The third-order valence-corrected chi connectivity index (χ3v) is 7.41. The van der Waals surface area contributed by atoms with Crippen LogP contribution in [0.15, 0.2) is 48.2 Å². The Morgan fingerprint density at radius 1 is 1.33 bits per heavy atom. The molecule has 1 aliphatic heterocycles. The highest BCUT2D eigenvalue weighted by Gasteiger charge is 2.60. The number of benzene rings is 1. The Labute approximate surface area is 218 Å². The maximum Gasteiger partial charge on any atom is 0.331 e. The molecule has 1 fully saturated rings. The van der Waals surface area contributed by atoms with E-state index in [0.29, 0.717) is 10.8 Å². The summed E-state index contributed by atoms with van der Waals surface area (Å²) in [6.07, 6.45) is 0.750. The number of hydrogen-bond acceptors (Lipinski definition) is 7. The zero-order chi connectivity index (χ0) is 28.7. The molecule has 36 heavy (non-hydrogen) atoms. The molecule has 0 aliphatic carbocycles. The van der Waals surface area contributed by atoms with E-state index in [9.17, 15) is 14.7 Å². The monoisotopic (exact) mass is 515 g/mol. The van der Waals surface area contributed by atoms with Crippen LogP contribution in [0, 0.1) is 5.92 Å². The third kappa shape index (κ3) is 4.62. The van der Waals surface area contributed by atoms with Crippen LogP contribution in [-0.4, -0.2) is 63.0 Å². The standard InChI is InChI=1S/C26H32N4O5S/c1-25(2,3)19-8-7-17(13-20(19)35-5)23(31)30-21(22-27-10-12-36-22)18(15-34-4)14-26(30,24(32)33)16-29-11-6-9-28-29/h6-13,18,21H,14-16H2,1-5H3,(H,32,33)/t18-,21-,26-/m1/s1/i6D,9D,11D. The first-order valence-corrected chi connectivity index (χ1v) is 12.4. The minimum absolute atomic E-state index is 0.0106. The lowest BCUT2D eigenvalue weighted by Gasteiger charge is -2.37. The highest BCUT2D eigenvalue weighted by atomic mass is 32.1. The smallest absolute Gasteiger partial charge is 0.331 e. The van der Waals surface area contributed by atoms with Gasteiger partial charge in [0.1, 0.15) is 10.8 Å². The van der Waals surface area contributed by atoms with E-state index >= 15 is 0 Å². The van der Waals surface area contributed by atoms with E-state index < -0.39 is 54.3 Å². The van der Waals surface area contributed by atoms with Gasteiger partial charge in [0.15, 0.2) is 5.54 Å². The van der Waals surface area contributed by atoms with Crippen molar-refractivity contribution in [1.82, 2.24) is 19.7 Å². The van der Waals surface area contributed by atoms with Gasteiger partial charge in [-0.15, -0.1) is 11.3 Å². The van der Waals surface area contributed by atoms with Crippen LogP contribution in [-0.2, 0) is 21.5 Å². The summed E-state index contributed by atoms with van der Waals surface area (Å²) in [4.78, 5) is 33.3. The van der Waals surface area contributed by atoms with E-state index in [1.54, 1.807) is 23.7 Å². The second-order valence-electron chi connectivity index (χ2n) is 9.92. The number of amides is 1. The van der Waals surface area contributed by atoms with E-state index in [2.05, 4.69) is 10.1 Å². The van der Waals surface area contributed by atoms with Crippen LogP contribution in [0.25, 0.3) is 0 Å². The number of carbonyl (C=O) groups excluding carboxylic acids is 1. The zero-order valence-electron chi connectivity index (χ0n) is 23.9. The van der Waals surface area contributed by atoms with Crippen LogP contribution < -0.4 is 4.74 Å². The van der Waals surface area contributed by atoms with Crippen LogP contribution in [0.1, 0.15) is 58.3 Å². The summed E-state index contributed by atoms with van der Waals surface area (Å²) >= 11 is 1.31. The van der Waals surface area contributed by atoms with E-state index in [-0.39, 0.29) is 24.0 Å². The maximum atomic E-state index is 14.4.